The van der Waals surface area contributed by atoms with E-state index in [1.54, 1.807) is 4.90 Å². The molecule has 1 heterocycles. The van der Waals surface area contributed by atoms with E-state index < -0.39 is 17.9 Å². The van der Waals surface area contributed by atoms with E-state index in [2.05, 4.69) is 6.92 Å². The summed E-state index contributed by atoms with van der Waals surface area (Å²) in [4.78, 5) is 25.3. The highest BCUT2D eigenvalue weighted by Gasteiger charge is 2.36. The Labute approximate surface area is 119 Å². The van der Waals surface area contributed by atoms with Crippen LogP contribution >= 0.6 is 0 Å². The Morgan fingerprint density at radius 1 is 1.35 bits per heavy atom. The molecule has 0 radical (unpaired) electrons. The van der Waals surface area contributed by atoms with Crippen molar-refractivity contribution in [3.05, 3.63) is 35.9 Å². The molecule has 4 nitrogen and oxygen atoms in total. The van der Waals surface area contributed by atoms with Crippen molar-refractivity contribution >= 4 is 11.9 Å². The summed E-state index contributed by atoms with van der Waals surface area (Å²) >= 11 is 0. The van der Waals surface area contributed by atoms with Crippen LogP contribution in [-0.4, -0.2) is 23.3 Å². The van der Waals surface area contributed by atoms with Gasteiger partial charge in [-0.05, 0) is 18.4 Å². The minimum absolute atomic E-state index is 0.0461. The van der Waals surface area contributed by atoms with Crippen LogP contribution in [0.25, 0.3) is 0 Å². The molecule has 1 fully saturated rings. The van der Waals surface area contributed by atoms with Gasteiger partial charge in [0.25, 0.3) is 0 Å². The Kier molecular flexibility index (Phi) is 4.77. The summed E-state index contributed by atoms with van der Waals surface area (Å²) in [5.41, 5.74) is 0.880. The second kappa shape index (κ2) is 6.55. The minimum atomic E-state index is -1.06. The number of carboxylic acid groups (broad SMARTS) is 1. The van der Waals surface area contributed by atoms with Crippen LogP contribution in [-0.2, 0) is 9.59 Å². The molecule has 0 bridgehead atoms. The van der Waals surface area contributed by atoms with Crippen molar-refractivity contribution in [3.8, 4) is 0 Å². The lowest BCUT2D eigenvalue weighted by Crippen LogP contribution is -2.49. The second-order valence-corrected chi connectivity index (χ2v) is 5.26. The van der Waals surface area contributed by atoms with Gasteiger partial charge in [0, 0.05) is 24.9 Å². The van der Waals surface area contributed by atoms with E-state index in [-0.39, 0.29) is 5.91 Å². The van der Waals surface area contributed by atoms with E-state index in [9.17, 15) is 14.7 Å². The first-order valence-corrected chi connectivity index (χ1v) is 7.20. The number of carboxylic acids is 1. The third-order valence-corrected chi connectivity index (χ3v) is 3.90. The fourth-order valence-electron chi connectivity index (χ4n) is 2.85. The number of amides is 1. The van der Waals surface area contributed by atoms with Gasteiger partial charge in [0.05, 0.1) is 6.04 Å². The van der Waals surface area contributed by atoms with Crippen LogP contribution < -0.4 is 5.11 Å². The van der Waals surface area contributed by atoms with Gasteiger partial charge in [-0.1, -0.05) is 43.7 Å². The highest BCUT2D eigenvalue weighted by atomic mass is 16.4. The first-order chi connectivity index (χ1) is 9.65. The van der Waals surface area contributed by atoms with E-state index in [0.717, 1.165) is 18.4 Å². The van der Waals surface area contributed by atoms with Crippen molar-refractivity contribution < 1.29 is 14.7 Å². The Morgan fingerprint density at radius 2 is 2.05 bits per heavy atom. The number of carbonyl (C=O) groups excluding carboxylic acids is 2. The fourth-order valence-corrected chi connectivity index (χ4v) is 2.85. The van der Waals surface area contributed by atoms with Crippen molar-refractivity contribution in [2.75, 3.05) is 6.54 Å². The Balaban J connectivity index is 2.33. The molecule has 0 spiro atoms. The smallest absolute Gasteiger partial charge is 0.223 e. The van der Waals surface area contributed by atoms with Gasteiger partial charge in [-0.15, -0.1) is 0 Å². The van der Waals surface area contributed by atoms with Crippen molar-refractivity contribution in [2.24, 2.45) is 5.92 Å². The molecule has 4 heteroatoms. The molecule has 1 aromatic carbocycles. The van der Waals surface area contributed by atoms with E-state index >= 15 is 0 Å². The maximum absolute atomic E-state index is 12.2. The quantitative estimate of drug-likeness (QED) is 0.818. The average molecular weight is 274 g/mol. The molecule has 0 aliphatic carbocycles. The highest BCUT2D eigenvalue weighted by Crippen LogP contribution is 2.36. The predicted molar refractivity (Wildman–Crippen MR) is 73.5 cm³/mol. The zero-order valence-electron chi connectivity index (χ0n) is 11.7. The van der Waals surface area contributed by atoms with Crippen LogP contribution in [0.1, 0.15) is 44.2 Å². The average Bonchev–Trinajstić information content (AvgIpc) is 2.46. The maximum atomic E-state index is 12.2. The number of hydrogen-bond donors (Lipinski definition) is 0. The summed E-state index contributed by atoms with van der Waals surface area (Å²) in [5, 5.41) is 11.4. The highest BCUT2D eigenvalue weighted by molar-refractivity contribution is 5.81. The third kappa shape index (κ3) is 3.00. The normalized spacial score (nSPS) is 22.9. The van der Waals surface area contributed by atoms with Crippen LogP contribution in [0.2, 0.25) is 0 Å². The molecule has 0 N–H and O–H groups in total. The van der Waals surface area contributed by atoms with Gasteiger partial charge in [0.1, 0.15) is 0 Å². The largest absolute Gasteiger partial charge is 0.550 e. The number of piperidine rings is 1. The van der Waals surface area contributed by atoms with Crippen molar-refractivity contribution in [3.63, 3.8) is 0 Å². The van der Waals surface area contributed by atoms with Crippen molar-refractivity contribution in [1.82, 2.24) is 4.90 Å². The van der Waals surface area contributed by atoms with E-state index in [0.29, 0.717) is 19.4 Å². The van der Waals surface area contributed by atoms with Gasteiger partial charge in [0.15, 0.2) is 0 Å². The van der Waals surface area contributed by atoms with Crippen LogP contribution in [0, 0.1) is 5.92 Å². The van der Waals surface area contributed by atoms with Gasteiger partial charge in [-0.25, -0.2) is 0 Å². The first-order valence-electron chi connectivity index (χ1n) is 7.20. The SMILES string of the molecule is CCCCN1C(=O)CC[C@H](C(=O)[O-])[C@H]1c1ccccc1. The zero-order chi connectivity index (χ0) is 14.5. The molecule has 108 valence electrons. The Hall–Kier alpha value is -1.84. The molecule has 0 saturated carbocycles. The van der Waals surface area contributed by atoms with Gasteiger partial charge in [-0.3, -0.25) is 4.79 Å². The van der Waals surface area contributed by atoms with E-state index in [1.807, 2.05) is 30.3 Å². The number of hydrogen-bond acceptors (Lipinski definition) is 3. The van der Waals surface area contributed by atoms with Gasteiger partial charge < -0.3 is 14.8 Å². The van der Waals surface area contributed by atoms with Crippen LogP contribution in [0.5, 0.6) is 0 Å². The summed E-state index contributed by atoms with van der Waals surface area (Å²) < 4.78 is 0. The lowest BCUT2D eigenvalue weighted by atomic mass is 9.84. The summed E-state index contributed by atoms with van der Waals surface area (Å²) in [7, 11) is 0. The first kappa shape index (κ1) is 14.6. The molecule has 0 unspecified atom stereocenters. The van der Waals surface area contributed by atoms with Crippen LogP contribution in [0.4, 0.5) is 0 Å². The summed E-state index contributed by atoms with van der Waals surface area (Å²) in [6.45, 7) is 2.67. The molecule has 2 rings (SSSR count). The molecule has 1 amide bonds. The summed E-state index contributed by atoms with van der Waals surface area (Å²) in [5.74, 6) is -1.63. The van der Waals surface area contributed by atoms with Crippen molar-refractivity contribution in [2.45, 2.75) is 38.6 Å². The van der Waals surface area contributed by atoms with E-state index in [4.69, 9.17) is 0 Å². The molecule has 1 aromatic rings. The minimum Gasteiger partial charge on any atom is -0.550 e. The number of aliphatic carboxylic acids is 1. The standard InChI is InChI=1S/C16H21NO3/c1-2-3-11-17-14(18)10-9-13(16(19)20)15(17)12-7-5-4-6-8-12/h4-8,13,15H,2-3,9-11H2,1H3,(H,19,20)/p-1/t13-,15+/m0/s1. The van der Waals surface area contributed by atoms with Gasteiger partial charge in [-0.2, -0.15) is 0 Å². The second-order valence-electron chi connectivity index (χ2n) is 5.26. The number of nitrogens with zero attached hydrogens (tertiary/aromatic N) is 1. The van der Waals surface area contributed by atoms with E-state index in [1.165, 1.54) is 0 Å². The van der Waals surface area contributed by atoms with Crippen LogP contribution in [0.3, 0.4) is 0 Å². The molecule has 0 aromatic heterocycles. The molecule has 2 atom stereocenters. The number of unbranched alkanes of at least 4 members (excludes halogenated alkanes) is 1. The van der Waals surface area contributed by atoms with Gasteiger partial charge >= 0.3 is 0 Å². The lowest BCUT2D eigenvalue weighted by molar-refractivity contribution is -0.314. The summed E-state index contributed by atoms with van der Waals surface area (Å²) in [6.07, 6.45) is 2.52. The fraction of sp³-hybridized carbons (Fsp3) is 0.500. The predicted octanol–water partition coefficient (Wildman–Crippen LogP) is 1.52. The topological polar surface area (TPSA) is 60.4 Å². The maximum Gasteiger partial charge on any atom is 0.223 e. The molecule has 1 aliphatic rings. The number of benzene rings is 1. The molecule has 1 saturated heterocycles. The lowest BCUT2D eigenvalue weighted by Gasteiger charge is -2.42. The molecular weight excluding hydrogens is 254 g/mol. The zero-order valence-corrected chi connectivity index (χ0v) is 11.7. The van der Waals surface area contributed by atoms with Crippen molar-refractivity contribution in [1.29, 1.82) is 0 Å². The number of likely N-dealkylation sites (tertiary alicyclic amines) is 1. The number of carbonyl (C=O) groups is 2. The number of rotatable bonds is 5. The molecule has 20 heavy (non-hydrogen) atoms. The molecular formula is C16H20NO3-. The monoisotopic (exact) mass is 274 g/mol. The van der Waals surface area contributed by atoms with Crippen LogP contribution in [0.15, 0.2) is 30.3 Å². The third-order valence-electron chi connectivity index (χ3n) is 3.90. The van der Waals surface area contributed by atoms with Gasteiger partial charge in [0.2, 0.25) is 5.91 Å². The summed E-state index contributed by atoms with van der Waals surface area (Å²) in [6, 6.07) is 9.01. The Bertz CT molecular complexity index is 472. The molecule has 1 aliphatic heterocycles. The Morgan fingerprint density at radius 3 is 2.65 bits per heavy atom.